The van der Waals surface area contributed by atoms with Crippen LogP contribution in [-0.2, 0) is 4.74 Å². The number of nitrogens with zero attached hydrogens (tertiary/aromatic N) is 4. The van der Waals surface area contributed by atoms with Crippen molar-refractivity contribution >= 4 is 16.9 Å². The molecule has 1 aliphatic heterocycles. The van der Waals surface area contributed by atoms with Gasteiger partial charge in [-0.25, -0.2) is 9.67 Å². The smallest absolute Gasteiger partial charge is 0.255 e. The molecule has 0 bridgehead atoms. The molecule has 2 atom stereocenters. The predicted molar refractivity (Wildman–Crippen MR) is 95.7 cm³/mol. The van der Waals surface area contributed by atoms with Crippen molar-refractivity contribution in [3.05, 3.63) is 23.5 Å². The normalized spacial score (nSPS) is 23.9. The van der Waals surface area contributed by atoms with Crippen LogP contribution in [0.15, 0.2) is 12.3 Å². The van der Waals surface area contributed by atoms with E-state index in [4.69, 9.17) is 4.74 Å². The lowest BCUT2D eigenvalue weighted by Crippen LogP contribution is -2.54. The summed E-state index contributed by atoms with van der Waals surface area (Å²) in [6.07, 6.45) is 6.45. The molecule has 0 spiro atoms. The average molecular weight is 342 g/mol. The second kappa shape index (κ2) is 6.41. The zero-order chi connectivity index (χ0) is 17.6. The first kappa shape index (κ1) is 16.5. The molecule has 134 valence electrons. The molecule has 2 aliphatic rings. The van der Waals surface area contributed by atoms with E-state index < -0.39 is 0 Å². The van der Waals surface area contributed by atoms with Gasteiger partial charge < -0.3 is 9.64 Å². The van der Waals surface area contributed by atoms with Crippen LogP contribution in [0, 0.1) is 6.92 Å². The number of morpholine rings is 1. The zero-order valence-corrected chi connectivity index (χ0v) is 15.2. The first-order valence-corrected chi connectivity index (χ1v) is 9.33. The largest absolute Gasteiger partial charge is 0.374 e. The van der Waals surface area contributed by atoms with Crippen molar-refractivity contribution in [2.75, 3.05) is 13.2 Å². The first-order chi connectivity index (χ1) is 12.1. The highest BCUT2D eigenvalue weighted by Crippen LogP contribution is 2.31. The fraction of sp³-hybridized carbons (Fsp3) is 0.632. The Balaban J connectivity index is 1.74. The number of aryl methyl sites for hydroxylation is 1. The Bertz CT molecular complexity index is 796. The molecular weight excluding hydrogens is 316 g/mol. The summed E-state index contributed by atoms with van der Waals surface area (Å²) in [7, 11) is 0. The predicted octanol–water partition coefficient (Wildman–Crippen LogP) is 3.10. The topological polar surface area (TPSA) is 60.3 Å². The fourth-order valence-electron chi connectivity index (χ4n) is 4.20. The van der Waals surface area contributed by atoms with Gasteiger partial charge >= 0.3 is 0 Å². The Morgan fingerprint density at radius 2 is 2.12 bits per heavy atom. The molecule has 2 aromatic rings. The number of carbonyl (C=O) groups is 1. The van der Waals surface area contributed by atoms with Gasteiger partial charge in [0, 0.05) is 18.3 Å². The Hall–Kier alpha value is -1.95. The summed E-state index contributed by atoms with van der Waals surface area (Å²) in [4.78, 5) is 20.1. The summed E-state index contributed by atoms with van der Waals surface area (Å²) < 4.78 is 7.81. The van der Waals surface area contributed by atoms with Crippen LogP contribution >= 0.6 is 0 Å². The lowest BCUT2D eigenvalue weighted by Gasteiger charge is -2.43. The van der Waals surface area contributed by atoms with E-state index in [2.05, 4.69) is 23.9 Å². The number of aromatic nitrogens is 3. The number of hydrogen-bond acceptors (Lipinski definition) is 4. The van der Waals surface area contributed by atoms with Crippen molar-refractivity contribution in [2.24, 2.45) is 0 Å². The van der Waals surface area contributed by atoms with Crippen molar-refractivity contribution in [2.45, 2.75) is 64.6 Å². The second-order valence-corrected chi connectivity index (χ2v) is 7.49. The van der Waals surface area contributed by atoms with Crippen molar-refractivity contribution in [1.29, 1.82) is 0 Å². The van der Waals surface area contributed by atoms with Crippen LogP contribution in [-0.4, -0.2) is 50.9 Å². The number of hydrogen-bond donors (Lipinski definition) is 0. The zero-order valence-electron chi connectivity index (χ0n) is 15.2. The van der Waals surface area contributed by atoms with Crippen LogP contribution in [0.1, 0.15) is 61.6 Å². The molecule has 25 heavy (non-hydrogen) atoms. The van der Waals surface area contributed by atoms with Gasteiger partial charge in [0.05, 0.1) is 35.9 Å². The third-order valence-electron chi connectivity index (χ3n) is 5.41. The number of pyridine rings is 1. The molecule has 0 aromatic carbocycles. The standard InChI is InChI=1S/C19H26N4O2/c1-12(2)23-18-15(11-20-23)14(10-13(3)21-18)19(24)22-8-9-25-17-7-5-4-6-16(17)22/h10-12,16-17H,4-9H2,1-3H3/t16-,17+/m0/s1. The van der Waals surface area contributed by atoms with Gasteiger partial charge in [-0.2, -0.15) is 5.10 Å². The van der Waals surface area contributed by atoms with Gasteiger partial charge in [-0.15, -0.1) is 0 Å². The van der Waals surface area contributed by atoms with E-state index in [-0.39, 0.29) is 24.1 Å². The molecule has 6 nitrogen and oxygen atoms in total. The summed E-state index contributed by atoms with van der Waals surface area (Å²) in [5, 5.41) is 5.31. The van der Waals surface area contributed by atoms with E-state index in [1.165, 1.54) is 12.8 Å². The molecule has 1 saturated carbocycles. The first-order valence-electron chi connectivity index (χ1n) is 9.33. The van der Waals surface area contributed by atoms with Gasteiger partial charge in [0.2, 0.25) is 0 Å². The number of amides is 1. The summed E-state index contributed by atoms with van der Waals surface area (Å²) in [5.74, 6) is 0.0963. The van der Waals surface area contributed by atoms with E-state index in [1.54, 1.807) is 6.20 Å². The lowest BCUT2D eigenvalue weighted by molar-refractivity contribution is -0.0752. The molecule has 3 heterocycles. The van der Waals surface area contributed by atoms with Crippen molar-refractivity contribution in [1.82, 2.24) is 19.7 Å². The van der Waals surface area contributed by atoms with Crippen molar-refractivity contribution < 1.29 is 9.53 Å². The average Bonchev–Trinajstić information content (AvgIpc) is 3.04. The maximum Gasteiger partial charge on any atom is 0.255 e. The van der Waals surface area contributed by atoms with Crippen LogP contribution in [0.25, 0.3) is 11.0 Å². The number of fused-ring (bicyclic) bond motifs is 2. The van der Waals surface area contributed by atoms with Gasteiger partial charge in [-0.05, 0) is 39.7 Å². The Labute approximate surface area is 148 Å². The minimum atomic E-state index is 0.0963. The molecule has 1 amide bonds. The molecule has 6 heteroatoms. The minimum absolute atomic E-state index is 0.0963. The van der Waals surface area contributed by atoms with E-state index >= 15 is 0 Å². The van der Waals surface area contributed by atoms with Gasteiger partial charge in [0.1, 0.15) is 0 Å². The van der Waals surface area contributed by atoms with Crippen molar-refractivity contribution in [3.63, 3.8) is 0 Å². The highest BCUT2D eigenvalue weighted by Gasteiger charge is 2.37. The van der Waals surface area contributed by atoms with Gasteiger partial charge in [-0.3, -0.25) is 4.79 Å². The molecule has 4 rings (SSSR count). The Kier molecular flexibility index (Phi) is 4.23. The molecule has 0 unspecified atom stereocenters. The van der Waals surface area contributed by atoms with Gasteiger partial charge in [0.25, 0.3) is 5.91 Å². The van der Waals surface area contributed by atoms with Gasteiger partial charge in [-0.1, -0.05) is 12.8 Å². The molecule has 0 radical (unpaired) electrons. The Morgan fingerprint density at radius 1 is 1.32 bits per heavy atom. The SMILES string of the molecule is Cc1cc(C(=O)N2CCO[C@@H]3CCCC[C@@H]32)c2cnn(C(C)C)c2n1. The maximum absolute atomic E-state index is 13.4. The maximum atomic E-state index is 13.4. The van der Waals surface area contributed by atoms with Gasteiger partial charge in [0.15, 0.2) is 5.65 Å². The quantitative estimate of drug-likeness (QED) is 0.841. The fourth-order valence-corrected chi connectivity index (χ4v) is 4.20. The van der Waals surface area contributed by atoms with E-state index in [9.17, 15) is 4.79 Å². The third kappa shape index (κ3) is 2.82. The highest BCUT2D eigenvalue weighted by atomic mass is 16.5. The highest BCUT2D eigenvalue weighted by molar-refractivity contribution is 6.05. The molecule has 2 aromatic heterocycles. The number of ether oxygens (including phenoxy) is 1. The van der Waals surface area contributed by atoms with Crippen LogP contribution in [0.5, 0.6) is 0 Å². The number of carbonyl (C=O) groups excluding carboxylic acids is 1. The minimum Gasteiger partial charge on any atom is -0.374 e. The Morgan fingerprint density at radius 3 is 2.92 bits per heavy atom. The lowest BCUT2D eigenvalue weighted by atomic mass is 9.89. The van der Waals surface area contributed by atoms with E-state index in [0.29, 0.717) is 13.2 Å². The van der Waals surface area contributed by atoms with E-state index in [0.717, 1.165) is 35.1 Å². The molecule has 1 aliphatic carbocycles. The second-order valence-electron chi connectivity index (χ2n) is 7.49. The molecule has 0 N–H and O–H groups in total. The molecule has 2 fully saturated rings. The van der Waals surface area contributed by atoms with Crippen LogP contribution in [0.3, 0.4) is 0 Å². The monoisotopic (exact) mass is 342 g/mol. The van der Waals surface area contributed by atoms with Crippen molar-refractivity contribution in [3.8, 4) is 0 Å². The van der Waals surface area contributed by atoms with Crippen LogP contribution < -0.4 is 0 Å². The van der Waals surface area contributed by atoms with Crippen LogP contribution in [0.4, 0.5) is 0 Å². The van der Waals surface area contributed by atoms with Crippen LogP contribution in [0.2, 0.25) is 0 Å². The molecular formula is C19H26N4O2. The van der Waals surface area contributed by atoms with E-state index in [1.807, 2.05) is 22.6 Å². The number of rotatable bonds is 2. The summed E-state index contributed by atoms with van der Waals surface area (Å²) >= 11 is 0. The third-order valence-corrected chi connectivity index (χ3v) is 5.41. The summed E-state index contributed by atoms with van der Waals surface area (Å²) in [6.45, 7) is 7.39. The summed E-state index contributed by atoms with van der Waals surface area (Å²) in [5.41, 5.74) is 2.37. The summed E-state index contributed by atoms with van der Waals surface area (Å²) in [6, 6.07) is 2.32. The molecule has 1 saturated heterocycles.